The highest BCUT2D eigenvalue weighted by molar-refractivity contribution is 8.03. The van der Waals surface area contributed by atoms with E-state index in [0.29, 0.717) is 15.6 Å². The van der Waals surface area contributed by atoms with E-state index in [0.717, 1.165) is 5.56 Å². The summed E-state index contributed by atoms with van der Waals surface area (Å²) in [6, 6.07) is 17.0. The molecule has 1 heterocycles. The summed E-state index contributed by atoms with van der Waals surface area (Å²) in [6.07, 6.45) is 0. The summed E-state index contributed by atoms with van der Waals surface area (Å²) in [5.41, 5.74) is 7.82. The summed E-state index contributed by atoms with van der Waals surface area (Å²) in [7, 11) is 0. The lowest BCUT2D eigenvalue weighted by atomic mass is 9.82. The van der Waals surface area contributed by atoms with E-state index in [4.69, 9.17) is 17.3 Å². The number of nitrogens with two attached hydrogens (primary N) is 1. The standard InChI is InChI=1S/C18H14ClN3O2S/c19-13-8-6-11(7-9-13)15-14(10-20)18(21)25-17(16(15)22(23)24)12-4-2-1-3-5-12/h1-9,15-17H,21H2. The van der Waals surface area contributed by atoms with Gasteiger partial charge in [0.2, 0.25) is 6.04 Å². The monoisotopic (exact) mass is 371 g/mol. The van der Waals surface area contributed by atoms with Gasteiger partial charge in [0.15, 0.2) is 0 Å². The Bertz CT molecular complexity index is 862. The molecule has 3 atom stereocenters. The zero-order valence-corrected chi connectivity index (χ0v) is 14.6. The molecule has 0 amide bonds. The van der Waals surface area contributed by atoms with Crippen LogP contribution in [0, 0.1) is 21.4 Å². The largest absolute Gasteiger partial charge is 0.393 e. The Balaban J connectivity index is 2.17. The van der Waals surface area contributed by atoms with Gasteiger partial charge in [-0.15, -0.1) is 0 Å². The van der Waals surface area contributed by atoms with E-state index < -0.39 is 17.2 Å². The molecule has 0 fully saturated rings. The maximum absolute atomic E-state index is 12.0. The molecule has 1 aliphatic rings. The van der Waals surface area contributed by atoms with Crippen LogP contribution in [-0.2, 0) is 0 Å². The smallest absolute Gasteiger partial charge is 0.240 e. The third-order valence-electron chi connectivity index (χ3n) is 4.20. The Kier molecular flexibility index (Phi) is 4.98. The van der Waals surface area contributed by atoms with E-state index in [9.17, 15) is 15.4 Å². The second kappa shape index (κ2) is 7.18. The number of benzene rings is 2. The topological polar surface area (TPSA) is 93.0 Å². The van der Waals surface area contributed by atoms with Gasteiger partial charge in [-0.3, -0.25) is 10.1 Å². The van der Waals surface area contributed by atoms with E-state index in [1.54, 1.807) is 24.3 Å². The lowest BCUT2D eigenvalue weighted by Crippen LogP contribution is -2.37. The number of nitriles is 1. The van der Waals surface area contributed by atoms with Crippen LogP contribution >= 0.6 is 23.4 Å². The Hall–Kier alpha value is -2.49. The molecule has 3 unspecified atom stereocenters. The highest BCUT2D eigenvalue weighted by Gasteiger charge is 2.48. The van der Waals surface area contributed by atoms with Crippen molar-refractivity contribution in [1.82, 2.24) is 0 Å². The van der Waals surface area contributed by atoms with Crippen LogP contribution in [0.4, 0.5) is 0 Å². The molecule has 2 aromatic carbocycles. The van der Waals surface area contributed by atoms with E-state index in [1.807, 2.05) is 30.3 Å². The van der Waals surface area contributed by atoms with Crippen molar-refractivity contribution in [3.05, 3.63) is 91.5 Å². The fourth-order valence-corrected chi connectivity index (χ4v) is 4.46. The van der Waals surface area contributed by atoms with Crippen molar-refractivity contribution in [2.45, 2.75) is 17.2 Å². The molecule has 126 valence electrons. The van der Waals surface area contributed by atoms with Gasteiger partial charge in [0.25, 0.3) is 0 Å². The molecule has 1 aliphatic heterocycles. The van der Waals surface area contributed by atoms with Crippen molar-refractivity contribution in [1.29, 1.82) is 5.26 Å². The molecule has 0 bridgehead atoms. The van der Waals surface area contributed by atoms with Crippen LogP contribution < -0.4 is 5.73 Å². The molecule has 0 spiro atoms. The van der Waals surface area contributed by atoms with Gasteiger partial charge < -0.3 is 5.73 Å². The van der Waals surface area contributed by atoms with Crippen LogP contribution in [0.2, 0.25) is 5.02 Å². The van der Waals surface area contributed by atoms with Crippen LogP contribution in [-0.4, -0.2) is 11.0 Å². The Morgan fingerprint density at radius 2 is 1.76 bits per heavy atom. The predicted octanol–water partition coefficient (Wildman–Crippen LogP) is 4.25. The average Bonchev–Trinajstić information content (AvgIpc) is 2.62. The van der Waals surface area contributed by atoms with Crippen molar-refractivity contribution >= 4 is 23.4 Å². The first-order valence-electron chi connectivity index (χ1n) is 7.53. The number of hydrogen-bond donors (Lipinski definition) is 1. The van der Waals surface area contributed by atoms with Gasteiger partial charge in [0.1, 0.15) is 5.25 Å². The van der Waals surface area contributed by atoms with Crippen LogP contribution in [0.1, 0.15) is 22.3 Å². The van der Waals surface area contributed by atoms with Gasteiger partial charge in [-0.2, -0.15) is 5.26 Å². The SMILES string of the molecule is N#CC1=C(N)SC(c2ccccc2)C([N+](=O)[O-])C1c1ccc(Cl)cc1. The number of hydrogen-bond acceptors (Lipinski definition) is 5. The van der Waals surface area contributed by atoms with Crippen LogP contribution in [0.3, 0.4) is 0 Å². The first-order valence-corrected chi connectivity index (χ1v) is 8.79. The molecule has 2 aromatic rings. The summed E-state index contributed by atoms with van der Waals surface area (Å²) in [5, 5.41) is 21.9. The maximum atomic E-state index is 12.0. The van der Waals surface area contributed by atoms with Gasteiger partial charge in [-0.1, -0.05) is 65.8 Å². The van der Waals surface area contributed by atoms with Crippen LogP contribution in [0.15, 0.2) is 65.2 Å². The minimum absolute atomic E-state index is 0.237. The summed E-state index contributed by atoms with van der Waals surface area (Å²) in [6.45, 7) is 0. The number of rotatable bonds is 3. The average molecular weight is 372 g/mol. The Morgan fingerprint density at radius 1 is 1.12 bits per heavy atom. The third kappa shape index (κ3) is 3.34. The quantitative estimate of drug-likeness (QED) is 0.643. The van der Waals surface area contributed by atoms with E-state index >= 15 is 0 Å². The van der Waals surface area contributed by atoms with Gasteiger partial charge in [-0.05, 0) is 23.3 Å². The Labute approximate surface area is 154 Å². The summed E-state index contributed by atoms with van der Waals surface area (Å²) in [4.78, 5) is 11.6. The van der Waals surface area contributed by atoms with Crippen molar-refractivity contribution in [3.63, 3.8) is 0 Å². The molecule has 0 aromatic heterocycles. The van der Waals surface area contributed by atoms with Crippen LogP contribution in [0.5, 0.6) is 0 Å². The van der Waals surface area contributed by atoms with E-state index in [-0.39, 0.29) is 10.5 Å². The molecule has 0 aliphatic carbocycles. The zero-order valence-electron chi connectivity index (χ0n) is 13.0. The lowest BCUT2D eigenvalue weighted by Gasteiger charge is -2.32. The molecule has 7 heteroatoms. The number of nitrogens with zero attached hydrogens (tertiary/aromatic N) is 2. The third-order valence-corrected chi connectivity index (χ3v) is 5.73. The van der Waals surface area contributed by atoms with Gasteiger partial charge >= 0.3 is 0 Å². The van der Waals surface area contributed by atoms with Crippen molar-refractivity contribution in [3.8, 4) is 6.07 Å². The van der Waals surface area contributed by atoms with Crippen molar-refractivity contribution in [2.24, 2.45) is 5.73 Å². The minimum Gasteiger partial charge on any atom is -0.393 e. The number of thioether (sulfide) groups is 1. The molecule has 0 saturated carbocycles. The Morgan fingerprint density at radius 3 is 2.32 bits per heavy atom. The molecular weight excluding hydrogens is 358 g/mol. The predicted molar refractivity (Wildman–Crippen MR) is 98.6 cm³/mol. The molecule has 3 rings (SSSR count). The minimum atomic E-state index is -1.00. The molecule has 0 radical (unpaired) electrons. The molecule has 25 heavy (non-hydrogen) atoms. The second-order valence-corrected chi connectivity index (χ2v) is 7.26. The van der Waals surface area contributed by atoms with Gasteiger partial charge in [0.05, 0.1) is 22.6 Å². The number of nitro groups is 1. The van der Waals surface area contributed by atoms with Crippen molar-refractivity contribution < 1.29 is 4.92 Å². The normalized spacial score (nSPS) is 23.1. The molecule has 2 N–H and O–H groups in total. The fraction of sp³-hybridized carbons (Fsp3) is 0.167. The highest BCUT2D eigenvalue weighted by Crippen LogP contribution is 2.50. The van der Waals surface area contributed by atoms with Gasteiger partial charge in [-0.25, -0.2) is 0 Å². The maximum Gasteiger partial charge on any atom is 0.240 e. The van der Waals surface area contributed by atoms with E-state index in [2.05, 4.69) is 6.07 Å². The zero-order chi connectivity index (χ0) is 18.0. The van der Waals surface area contributed by atoms with Crippen molar-refractivity contribution in [2.75, 3.05) is 0 Å². The van der Waals surface area contributed by atoms with Crippen LogP contribution in [0.25, 0.3) is 0 Å². The van der Waals surface area contributed by atoms with Gasteiger partial charge in [0, 0.05) is 9.95 Å². The summed E-state index contributed by atoms with van der Waals surface area (Å²) < 4.78 is 0. The highest BCUT2D eigenvalue weighted by atomic mass is 35.5. The molecule has 0 saturated heterocycles. The van der Waals surface area contributed by atoms with E-state index in [1.165, 1.54) is 11.8 Å². The number of halogens is 1. The first kappa shape index (κ1) is 17.3. The molecule has 5 nitrogen and oxygen atoms in total. The first-order chi connectivity index (χ1) is 12.0. The molecular formula is C18H14ClN3O2S. The summed E-state index contributed by atoms with van der Waals surface area (Å²) >= 11 is 7.11. The lowest BCUT2D eigenvalue weighted by molar-refractivity contribution is -0.525. The second-order valence-electron chi connectivity index (χ2n) is 5.64. The fourth-order valence-electron chi connectivity index (χ4n) is 3.07. The summed E-state index contributed by atoms with van der Waals surface area (Å²) in [5.74, 6) is -0.719.